The summed E-state index contributed by atoms with van der Waals surface area (Å²) in [5.74, 6) is -1.06. The summed E-state index contributed by atoms with van der Waals surface area (Å²) in [7, 11) is 0. The molecule has 23 heavy (non-hydrogen) atoms. The van der Waals surface area contributed by atoms with Crippen molar-refractivity contribution in [3.63, 3.8) is 0 Å². The molecule has 0 saturated carbocycles. The lowest BCUT2D eigenvalue weighted by Crippen LogP contribution is -2.33. The highest BCUT2D eigenvalue weighted by atomic mass is 16.4. The van der Waals surface area contributed by atoms with Crippen LogP contribution in [0.15, 0.2) is 60.7 Å². The number of carbonyl (C=O) groups is 1. The number of benzene rings is 2. The molecule has 0 saturated heterocycles. The average Bonchev–Trinajstić information content (AvgIpc) is 2.54. The normalized spacial score (nSPS) is 12.8. The number of hydrogen-bond acceptors (Lipinski definition) is 1. The zero-order valence-electron chi connectivity index (χ0n) is 14.0. The zero-order chi connectivity index (χ0) is 16.7. The maximum Gasteiger partial charge on any atom is 0.307 e. The van der Waals surface area contributed by atoms with Crippen LogP contribution in [0.25, 0.3) is 0 Å². The van der Waals surface area contributed by atoms with Gasteiger partial charge in [0.1, 0.15) is 0 Å². The van der Waals surface area contributed by atoms with Gasteiger partial charge in [-0.15, -0.1) is 0 Å². The topological polar surface area (TPSA) is 37.3 Å². The van der Waals surface area contributed by atoms with E-state index in [2.05, 4.69) is 38.1 Å². The fourth-order valence-electron chi connectivity index (χ4n) is 3.11. The van der Waals surface area contributed by atoms with Crippen molar-refractivity contribution < 1.29 is 9.90 Å². The molecule has 2 nitrogen and oxygen atoms in total. The van der Waals surface area contributed by atoms with E-state index in [1.54, 1.807) is 0 Å². The van der Waals surface area contributed by atoms with E-state index in [1.807, 2.05) is 36.4 Å². The van der Waals surface area contributed by atoms with Gasteiger partial charge in [-0.2, -0.15) is 0 Å². The SMILES string of the molecule is CC(C)(CCCc1ccccc1)C(Cc1ccccc1)C(=O)O. The van der Waals surface area contributed by atoms with Gasteiger partial charge in [-0.05, 0) is 42.2 Å². The number of aliphatic carboxylic acids is 1. The molecule has 0 spiro atoms. The summed E-state index contributed by atoms with van der Waals surface area (Å²) >= 11 is 0. The highest BCUT2D eigenvalue weighted by Gasteiger charge is 2.34. The molecule has 2 heteroatoms. The number of carboxylic acid groups (broad SMARTS) is 1. The van der Waals surface area contributed by atoms with Crippen LogP contribution in [0.3, 0.4) is 0 Å². The molecule has 0 bridgehead atoms. The molecule has 0 aliphatic rings. The minimum atomic E-state index is -0.696. The molecule has 0 amide bonds. The monoisotopic (exact) mass is 310 g/mol. The van der Waals surface area contributed by atoms with Gasteiger partial charge >= 0.3 is 5.97 Å². The van der Waals surface area contributed by atoms with E-state index in [4.69, 9.17) is 0 Å². The lowest BCUT2D eigenvalue weighted by atomic mass is 9.72. The lowest BCUT2D eigenvalue weighted by Gasteiger charge is -2.32. The number of carboxylic acids is 1. The van der Waals surface area contributed by atoms with E-state index in [0.29, 0.717) is 6.42 Å². The van der Waals surface area contributed by atoms with Crippen LogP contribution in [0.2, 0.25) is 0 Å². The second-order valence-corrected chi connectivity index (χ2v) is 6.91. The number of aryl methyl sites for hydroxylation is 1. The van der Waals surface area contributed by atoms with Crippen LogP contribution in [0, 0.1) is 11.3 Å². The molecular formula is C21H26O2. The summed E-state index contributed by atoms with van der Waals surface area (Å²) in [5, 5.41) is 9.69. The summed E-state index contributed by atoms with van der Waals surface area (Å²) in [4.78, 5) is 11.8. The van der Waals surface area contributed by atoms with Gasteiger partial charge in [0.15, 0.2) is 0 Å². The Morgan fingerprint density at radius 1 is 0.957 bits per heavy atom. The summed E-state index contributed by atoms with van der Waals surface area (Å²) in [6, 6.07) is 20.3. The Morgan fingerprint density at radius 3 is 2.00 bits per heavy atom. The molecule has 0 aliphatic carbocycles. The first kappa shape index (κ1) is 17.3. The van der Waals surface area contributed by atoms with E-state index < -0.39 is 5.97 Å². The quantitative estimate of drug-likeness (QED) is 0.746. The van der Waals surface area contributed by atoms with Gasteiger partial charge in [0, 0.05) is 0 Å². The Balaban J connectivity index is 1.97. The summed E-state index contributed by atoms with van der Waals surface area (Å²) in [6.07, 6.45) is 3.51. The molecule has 2 aromatic carbocycles. The van der Waals surface area contributed by atoms with Gasteiger partial charge in [0.25, 0.3) is 0 Å². The summed E-state index contributed by atoms with van der Waals surface area (Å²) < 4.78 is 0. The van der Waals surface area contributed by atoms with Crippen LogP contribution in [0.1, 0.15) is 37.8 Å². The Kier molecular flexibility index (Phi) is 5.97. The van der Waals surface area contributed by atoms with E-state index in [9.17, 15) is 9.90 Å². The molecule has 0 heterocycles. The Labute approximate surface area is 139 Å². The number of hydrogen-bond donors (Lipinski definition) is 1. The fraction of sp³-hybridized carbons (Fsp3) is 0.381. The van der Waals surface area contributed by atoms with Crippen molar-refractivity contribution >= 4 is 5.97 Å². The second-order valence-electron chi connectivity index (χ2n) is 6.91. The summed E-state index contributed by atoms with van der Waals surface area (Å²) in [5.41, 5.74) is 2.19. The minimum Gasteiger partial charge on any atom is -0.481 e. The standard InChI is InChI=1S/C21H26O2/c1-21(2,15-9-14-17-10-5-3-6-11-17)19(20(22)23)16-18-12-7-4-8-13-18/h3-8,10-13,19H,9,14-16H2,1-2H3,(H,22,23). The van der Waals surface area contributed by atoms with E-state index in [-0.39, 0.29) is 11.3 Å². The molecule has 0 aliphatic heterocycles. The van der Waals surface area contributed by atoms with Crippen molar-refractivity contribution in [2.24, 2.45) is 11.3 Å². The molecular weight excluding hydrogens is 284 g/mol. The van der Waals surface area contributed by atoms with Crippen LogP contribution < -0.4 is 0 Å². The number of rotatable bonds is 8. The lowest BCUT2D eigenvalue weighted by molar-refractivity contribution is -0.146. The third kappa shape index (κ3) is 5.24. The maximum atomic E-state index is 11.8. The van der Waals surface area contributed by atoms with Crippen LogP contribution in [-0.4, -0.2) is 11.1 Å². The Bertz CT molecular complexity index is 602. The molecule has 0 aromatic heterocycles. The smallest absolute Gasteiger partial charge is 0.307 e. The highest BCUT2D eigenvalue weighted by Crippen LogP contribution is 2.35. The van der Waals surface area contributed by atoms with Gasteiger partial charge in [-0.3, -0.25) is 4.79 Å². The molecule has 0 fully saturated rings. The minimum absolute atomic E-state index is 0.226. The van der Waals surface area contributed by atoms with Crippen molar-refractivity contribution in [3.05, 3.63) is 71.8 Å². The van der Waals surface area contributed by atoms with Crippen LogP contribution >= 0.6 is 0 Å². The van der Waals surface area contributed by atoms with Crippen molar-refractivity contribution in [1.29, 1.82) is 0 Å². The third-order valence-corrected chi connectivity index (χ3v) is 4.65. The predicted octanol–water partition coefficient (Wildman–Crippen LogP) is 4.98. The van der Waals surface area contributed by atoms with Gasteiger partial charge < -0.3 is 5.11 Å². The molecule has 1 unspecified atom stereocenters. The Morgan fingerprint density at radius 2 is 1.48 bits per heavy atom. The van der Waals surface area contributed by atoms with Crippen LogP contribution in [0.5, 0.6) is 0 Å². The first-order valence-electron chi connectivity index (χ1n) is 8.30. The highest BCUT2D eigenvalue weighted by molar-refractivity contribution is 5.71. The first-order chi connectivity index (χ1) is 11.0. The van der Waals surface area contributed by atoms with E-state index in [1.165, 1.54) is 5.56 Å². The van der Waals surface area contributed by atoms with Crippen molar-refractivity contribution in [1.82, 2.24) is 0 Å². The van der Waals surface area contributed by atoms with E-state index >= 15 is 0 Å². The predicted molar refractivity (Wildman–Crippen MR) is 94.4 cm³/mol. The van der Waals surface area contributed by atoms with Gasteiger partial charge in [-0.25, -0.2) is 0 Å². The maximum absolute atomic E-state index is 11.8. The van der Waals surface area contributed by atoms with Gasteiger partial charge in [0.05, 0.1) is 5.92 Å². The molecule has 1 N–H and O–H groups in total. The largest absolute Gasteiger partial charge is 0.481 e. The van der Waals surface area contributed by atoms with Crippen molar-refractivity contribution in [3.8, 4) is 0 Å². The fourth-order valence-corrected chi connectivity index (χ4v) is 3.11. The van der Waals surface area contributed by atoms with Crippen molar-refractivity contribution in [2.75, 3.05) is 0 Å². The molecule has 0 radical (unpaired) electrons. The third-order valence-electron chi connectivity index (χ3n) is 4.65. The summed E-state index contributed by atoms with van der Waals surface area (Å²) in [6.45, 7) is 4.17. The van der Waals surface area contributed by atoms with Crippen LogP contribution in [-0.2, 0) is 17.6 Å². The van der Waals surface area contributed by atoms with E-state index in [0.717, 1.165) is 24.8 Å². The molecule has 2 aromatic rings. The molecule has 2 rings (SSSR count). The molecule has 1 atom stereocenters. The Hall–Kier alpha value is -2.09. The molecule has 122 valence electrons. The van der Waals surface area contributed by atoms with Crippen molar-refractivity contribution in [2.45, 2.75) is 39.5 Å². The van der Waals surface area contributed by atoms with Crippen LogP contribution in [0.4, 0.5) is 0 Å². The van der Waals surface area contributed by atoms with Gasteiger partial charge in [-0.1, -0.05) is 74.5 Å². The van der Waals surface area contributed by atoms with Gasteiger partial charge in [0.2, 0.25) is 0 Å². The zero-order valence-corrected chi connectivity index (χ0v) is 14.0. The second kappa shape index (κ2) is 7.96. The average molecular weight is 310 g/mol. The first-order valence-corrected chi connectivity index (χ1v) is 8.30.